The Labute approximate surface area is 141 Å². The molecule has 3 rings (SSSR count). The summed E-state index contributed by atoms with van der Waals surface area (Å²) in [4.78, 5) is 14.5. The topological polar surface area (TPSA) is 67.5 Å². The van der Waals surface area contributed by atoms with E-state index in [1.165, 1.54) is 6.42 Å². The largest absolute Gasteiger partial charge is 0.493 e. The number of methoxy groups -OCH3 is 1. The zero-order chi connectivity index (χ0) is 16.9. The number of ether oxygens (including phenoxy) is 2. The standard InChI is InChI=1S/C18H23N3O3/c1-13-7-5-6-10-21(13)18(22)15-11-14(19-20-15)12-24-17-9-4-3-8-16(17)23-2/h3-4,8-9,11,13H,5-7,10,12H2,1-2H3,(H,19,20)/t13-/m0/s1. The van der Waals surface area contributed by atoms with Gasteiger partial charge in [0, 0.05) is 12.6 Å². The van der Waals surface area contributed by atoms with Crippen molar-refractivity contribution in [3.05, 3.63) is 41.7 Å². The molecule has 1 aromatic heterocycles. The van der Waals surface area contributed by atoms with Gasteiger partial charge < -0.3 is 14.4 Å². The molecule has 1 N–H and O–H groups in total. The van der Waals surface area contributed by atoms with Crippen molar-refractivity contribution in [2.75, 3.05) is 13.7 Å². The van der Waals surface area contributed by atoms with Crippen LogP contribution in [-0.4, -0.2) is 40.7 Å². The van der Waals surface area contributed by atoms with E-state index in [2.05, 4.69) is 17.1 Å². The molecular weight excluding hydrogens is 306 g/mol. The minimum absolute atomic E-state index is 0.0120. The first-order valence-electron chi connectivity index (χ1n) is 8.30. The van der Waals surface area contributed by atoms with E-state index in [0.717, 1.165) is 25.1 Å². The van der Waals surface area contributed by atoms with Crippen molar-refractivity contribution in [1.82, 2.24) is 15.1 Å². The molecule has 1 amide bonds. The van der Waals surface area contributed by atoms with E-state index in [1.54, 1.807) is 13.2 Å². The van der Waals surface area contributed by atoms with Gasteiger partial charge in [-0.25, -0.2) is 0 Å². The first kappa shape index (κ1) is 16.4. The SMILES string of the molecule is COc1ccccc1OCc1cc(C(=O)N2CCCC[C@@H]2C)n[nH]1. The zero-order valence-electron chi connectivity index (χ0n) is 14.1. The molecule has 1 saturated heterocycles. The van der Waals surface area contributed by atoms with Crippen LogP contribution in [0.3, 0.4) is 0 Å². The van der Waals surface area contributed by atoms with Crippen LogP contribution in [0, 0.1) is 0 Å². The van der Waals surface area contributed by atoms with Gasteiger partial charge in [0.05, 0.1) is 12.8 Å². The Balaban J connectivity index is 1.64. The summed E-state index contributed by atoms with van der Waals surface area (Å²) in [5, 5.41) is 7.04. The van der Waals surface area contributed by atoms with E-state index < -0.39 is 0 Å². The second kappa shape index (κ2) is 7.38. The van der Waals surface area contributed by atoms with Crippen LogP contribution in [0.4, 0.5) is 0 Å². The average molecular weight is 329 g/mol. The third-order valence-corrected chi connectivity index (χ3v) is 4.37. The fraction of sp³-hybridized carbons (Fsp3) is 0.444. The summed E-state index contributed by atoms with van der Waals surface area (Å²) in [6.45, 7) is 3.20. The molecule has 6 heteroatoms. The van der Waals surface area contributed by atoms with Crippen LogP contribution in [0.2, 0.25) is 0 Å². The monoisotopic (exact) mass is 329 g/mol. The molecule has 2 heterocycles. The van der Waals surface area contributed by atoms with Crippen molar-refractivity contribution in [1.29, 1.82) is 0 Å². The van der Waals surface area contributed by atoms with Gasteiger partial charge in [0.1, 0.15) is 6.61 Å². The van der Waals surface area contributed by atoms with Gasteiger partial charge in [-0.2, -0.15) is 5.10 Å². The third kappa shape index (κ3) is 3.53. The number of para-hydroxylation sites is 2. The van der Waals surface area contributed by atoms with Gasteiger partial charge in [0.2, 0.25) is 0 Å². The van der Waals surface area contributed by atoms with Crippen LogP contribution in [0.5, 0.6) is 11.5 Å². The second-order valence-corrected chi connectivity index (χ2v) is 6.06. The molecule has 1 aliphatic heterocycles. The smallest absolute Gasteiger partial charge is 0.274 e. The molecule has 1 atom stereocenters. The van der Waals surface area contributed by atoms with Crippen molar-refractivity contribution < 1.29 is 14.3 Å². The van der Waals surface area contributed by atoms with Gasteiger partial charge in [-0.1, -0.05) is 12.1 Å². The number of carbonyl (C=O) groups excluding carboxylic acids is 1. The number of H-pyrrole nitrogens is 1. The Morgan fingerprint density at radius 2 is 2.12 bits per heavy atom. The molecule has 6 nitrogen and oxygen atoms in total. The van der Waals surface area contributed by atoms with Crippen LogP contribution in [0.1, 0.15) is 42.4 Å². The second-order valence-electron chi connectivity index (χ2n) is 6.06. The molecule has 0 radical (unpaired) electrons. The predicted octanol–water partition coefficient (Wildman–Crippen LogP) is 3.01. The van der Waals surface area contributed by atoms with Crippen molar-refractivity contribution in [3.63, 3.8) is 0 Å². The highest BCUT2D eigenvalue weighted by molar-refractivity contribution is 5.92. The highest BCUT2D eigenvalue weighted by atomic mass is 16.5. The van der Waals surface area contributed by atoms with Gasteiger partial charge in [-0.15, -0.1) is 0 Å². The lowest BCUT2D eigenvalue weighted by Gasteiger charge is -2.32. The molecule has 0 unspecified atom stereocenters. The zero-order valence-corrected chi connectivity index (χ0v) is 14.1. The van der Waals surface area contributed by atoms with Crippen LogP contribution in [0.25, 0.3) is 0 Å². The fourth-order valence-corrected chi connectivity index (χ4v) is 2.99. The summed E-state index contributed by atoms with van der Waals surface area (Å²) >= 11 is 0. The number of hydrogen-bond acceptors (Lipinski definition) is 4. The number of carbonyl (C=O) groups is 1. The molecule has 128 valence electrons. The number of aromatic amines is 1. The quantitative estimate of drug-likeness (QED) is 0.915. The normalized spacial score (nSPS) is 17.6. The van der Waals surface area contributed by atoms with Gasteiger partial charge in [0.15, 0.2) is 17.2 Å². The molecule has 1 fully saturated rings. The van der Waals surface area contributed by atoms with Crippen molar-refractivity contribution >= 4 is 5.91 Å². The maximum atomic E-state index is 12.6. The lowest BCUT2D eigenvalue weighted by molar-refractivity contribution is 0.0629. The Morgan fingerprint density at radius 1 is 1.33 bits per heavy atom. The molecule has 0 bridgehead atoms. The molecule has 0 spiro atoms. The number of piperidine rings is 1. The van der Waals surface area contributed by atoms with Gasteiger partial charge >= 0.3 is 0 Å². The fourth-order valence-electron chi connectivity index (χ4n) is 2.99. The minimum Gasteiger partial charge on any atom is -0.493 e. The maximum absolute atomic E-state index is 12.6. The van der Waals surface area contributed by atoms with E-state index in [0.29, 0.717) is 23.8 Å². The summed E-state index contributed by atoms with van der Waals surface area (Å²) < 4.78 is 11.0. The Morgan fingerprint density at radius 3 is 2.88 bits per heavy atom. The number of likely N-dealkylation sites (tertiary alicyclic amines) is 1. The number of nitrogens with one attached hydrogen (secondary N) is 1. The predicted molar refractivity (Wildman–Crippen MR) is 90.3 cm³/mol. The van der Waals surface area contributed by atoms with E-state index in [4.69, 9.17) is 9.47 Å². The Kier molecular flexibility index (Phi) is 5.03. The van der Waals surface area contributed by atoms with Gasteiger partial charge in [-0.3, -0.25) is 9.89 Å². The molecule has 1 aromatic carbocycles. The van der Waals surface area contributed by atoms with Crippen molar-refractivity contribution in [3.8, 4) is 11.5 Å². The van der Waals surface area contributed by atoms with Crippen LogP contribution in [-0.2, 0) is 6.61 Å². The molecule has 0 saturated carbocycles. The minimum atomic E-state index is -0.0120. The van der Waals surface area contributed by atoms with E-state index in [1.807, 2.05) is 29.2 Å². The maximum Gasteiger partial charge on any atom is 0.274 e. The summed E-state index contributed by atoms with van der Waals surface area (Å²) in [5.74, 6) is 1.32. The Bertz CT molecular complexity index is 698. The number of benzene rings is 1. The van der Waals surface area contributed by atoms with Crippen LogP contribution >= 0.6 is 0 Å². The van der Waals surface area contributed by atoms with Crippen LogP contribution < -0.4 is 9.47 Å². The van der Waals surface area contributed by atoms with Crippen molar-refractivity contribution in [2.24, 2.45) is 0 Å². The lowest BCUT2D eigenvalue weighted by atomic mass is 10.0. The first-order valence-corrected chi connectivity index (χ1v) is 8.30. The van der Waals surface area contributed by atoms with E-state index in [-0.39, 0.29) is 11.9 Å². The highest BCUT2D eigenvalue weighted by Crippen LogP contribution is 2.26. The summed E-state index contributed by atoms with van der Waals surface area (Å²) in [6, 6.07) is 9.50. The van der Waals surface area contributed by atoms with E-state index in [9.17, 15) is 4.79 Å². The van der Waals surface area contributed by atoms with Crippen molar-refractivity contribution in [2.45, 2.75) is 38.8 Å². The van der Waals surface area contributed by atoms with Crippen LogP contribution in [0.15, 0.2) is 30.3 Å². The number of rotatable bonds is 5. The lowest BCUT2D eigenvalue weighted by Crippen LogP contribution is -2.42. The number of nitrogens with zero attached hydrogens (tertiary/aromatic N) is 2. The number of aromatic nitrogens is 2. The van der Waals surface area contributed by atoms with Gasteiger partial charge in [0.25, 0.3) is 5.91 Å². The third-order valence-electron chi connectivity index (χ3n) is 4.37. The highest BCUT2D eigenvalue weighted by Gasteiger charge is 2.25. The number of amides is 1. The molecular formula is C18H23N3O3. The molecule has 0 aliphatic carbocycles. The van der Waals surface area contributed by atoms with E-state index >= 15 is 0 Å². The summed E-state index contributed by atoms with van der Waals surface area (Å²) in [5.41, 5.74) is 1.20. The average Bonchev–Trinajstić information content (AvgIpc) is 3.09. The number of hydrogen-bond donors (Lipinski definition) is 1. The molecule has 1 aliphatic rings. The molecule has 24 heavy (non-hydrogen) atoms. The van der Waals surface area contributed by atoms with Gasteiger partial charge in [-0.05, 0) is 44.4 Å². The first-order chi connectivity index (χ1) is 11.7. The Hall–Kier alpha value is -2.50. The summed E-state index contributed by atoms with van der Waals surface area (Å²) in [7, 11) is 1.61. The molecule has 2 aromatic rings. The summed E-state index contributed by atoms with van der Waals surface area (Å²) in [6.07, 6.45) is 3.30.